The van der Waals surface area contributed by atoms with E-state index in [0.29, 0.717) is 6.54 Å². The number of carbonyl (C=O) groups is 1. The summed E-state index contributed by atoms with van der Waals surface area (Å²) < 4.78 is 0. The van der Waals surface area contributed by atoms with Crippen molar-refractivity contribution in [3.05, 3.63) is 70.9 Å². The van der Waals surface area contributed by atoms with Crippen LogP contribution in [0, 0.1) is 13.8 Å². The third kappa shape index (κ3) is 3.82. The number of carbonyl (C=O) groups excluding carboxylic acids is 1. The number of fused-ring (bicyclic) bond motifs is 1. The quantitative estimate of drug-likeness (QED) is 0.652. The summed E-state index contributed by atoms with van der Waals surface area (Å²) in [4.78, 5) is 15.7. The van der Waals surface area contributed by atoms with Gasteiger partial charge in [-0.25, -0.2) is 0 Å². The molecule has 1 amide bonds. The first-order valence-corrected chi connectivity index (χ1v) is 9.29. The molecule has 3 rings (SSSR count). The van der Waals surface area contributed by atoms with Crippen LogP contribution in [-0.2, 0) is 5.75 Å². The summed E-state index contributed by atoms with van der Waals surface area (Å²) in [5, 5.41) is 4.02. The first-order valence-electron chi connectivity index (χ1n) is 8.14. The fourth-order valence-electron chi connectivity index (χ4n) is 2.77. The minimum absolute atomic E-state index is 0.000820. The molecule has 2 N–H and O–H groups in total. The summed E-state index contributed by atoms with van der Waals surface area (Å²) in [7, 11) is 0. The SMILES string of the molecule is Cc1ccc(CSCCNC(=O)c2c(C)[nH]c3ccccc23)cc1. The molecule has 0 unspecified atom stereocenters. The third-order valence-electron chi connectivity index (χ3n) is 4.04. The molecule has 0 aliphatic heterocycles. The Morgan fingerprint density at radius 3 is 2.62 bits per heavy atom. The van der Waals surface area contributed by atoms with Crippen molar-refractivity contribution in [2.75, 3.05) is 12.3 Å². The average molecular weight is 338 g/mol. The smallest absolute Gasteiger partial charge is 0.253 e. The molecule has 4 heteroatoms. The van der Waals surface area contributed by atoms with Crippen LogP contribution in [0.5, 0.6) is 0 Å². The second-order valence-electron chi connectivity index (χ2n) is 5.96. The van der Waals surface area contributed by atoms with Gasteiger partial charge in [-0.15, -0.1) is 0 Å². The van der Waals surface area contributed by atoms with Gasteiger partial charge in [-0.2, -0.15) is 11.8 Å². The van der Waals surface area contributed by atoms with Crippen LogP contribution in [-0.4, -0.2) is 23.2 Å². The molecule has 0 saturated heterocycles. The third-order valence-corrected chi connectivity index (χ3v) is 5.07. The molecule has 0 saturated carbocycles. The minimum Gasteiger partial charge on any atom is -0.358 e. The van der Waals surface area contributed by atoms with Crippen LogP contribution in [0.25, 0.3) is 10.9 Å². The van der Waals surface area contributed by atoms with E-state index in [1.165, 1.54) is 11.1 Å². The van der Waals surface area contributed by atoms with Crippen molar-refractivity contribution in [3.63, 3.8) is 0 Å². The Balaban J connectivity index is 1.50. The first kappa shape index (κ1) is 16.7. The minimum atomic E-state index is 0.000820. The molecule has 2 aromatic carbocycles. The summed E-state index contributed by atoms with van der Waals surface area (Å²) in [6.45, 7) is 4.72. The van der Waals surface area contributed by atoms with E-state index in [1.807, 2.05) is 43.0 Å². The van der Waals surface area contributed by atoms with Gasteiger partial charge in [0.1, 0.15) is 0 Å². The summed E-state index contributed by atoms with van der Waals surface area (Å²) in [5.74, 6) is 1.88. The molecule has 1 heterocycles. The molecule has 0 fully saturated rings. The highest BCUT2D eigenvalue weighted by Gasteiger charge is 2.14. The molecule has 3 aromatic rings. The zero-order valence-electron chi connectivity index (χ0n) is 14.1. The molecule has 0 aliphatic rings. The zero-order chi connectivity index (χ0) is 16.9. The van der Waals surface area contributed by atoms with Crippen LogP contribution in [0.1, 0.15) is 27.2 Å². The lowest BCUT2D eigenvalue weighted by Crippen LogP contribution is -2.26. The lowest BCUT2D eigenvalue weighted by atomic mass is 10.1. The number of aromatic amines is 1. The van der Waals surface area contributed by atoms with E-state index in [1.54, 1.807) is 0 Å². The molecule has 0 atom stereocenters. The Morgan fingerprint density at radius 1 is 1.08 bits per heavy atom. The summed E-state index contributed by atoms with van der Waals surface area (Å²) in [6, 6.07) is 16.5. The van der Waals surface area contributed by atoms with Crippen molar-refractivity contribution < 1.29 is 4.79 Å². The lowest BCUT2D eigenvalue weighted by Gasteiger charge is -2.06. The molecule has 0 radical (unpaired) electrons. The molecule has 1 aromatic heterocycles. The number of benzene rings is 2. The Kier molecular flexibility index (Phi) is 5.26. The normalized spacial score (nSPS) is 10.9. The number of nitrogens with one attached hydrogen (secondary N) is 2. The number of para-hydroxylation sites is 1. The standard InChI is InChI=1S/C20H22N2OS/c1-14-7-9-16(10-8-14)13-24-12-11-21-20(23)19-15(2)22-18-6-4-3-5-17(18)19/h3-10,22H,11-13H2,1-2H3,(H,21,23). The second kappa shape index (κ2) is 7.58. The van der Waals surface area contributed by atoms with Crippen LogP contribution < -0.4 is 5.32 Å². The van der Waals surface area contributed by atoms with Crippen LogP contribution >= 0.6 is 11.8 Å². The topological polar surface area (TPSA) is 44.9 Å². The Bertz CT molecular complexity index is 836. The first-order chi connectivity index (χ1) is 11.6. The number of aryl methyl sites for hydroxylation is 2. The number of hydrogen-bond acceptors (Lipinski definition) is 2. The summed E-state index contributed by atoms with van der Waals surface area (Å²) in [6.07, 6.45) is 0. The van der Waals surface area contributed by atoms with E-state index in [9.17, 15) is 4.79 Å². The zero-order valence-corrected chi connectivity index (χ0v) is 14.9. The highest BCUT2D eigenvalue weighted by molar-refractivity contribution is 7.98. The van der Waals surface area contributed by atoms with Gasteiger partial charge in [0.2, 0.25) is 0 Å². The molecular formula is C20H22N2OS. The number of hydrogen-bond donors (Lipinski definition) is 2. The molecule has 124 valence electrons. The van der Waals surface area contributed by atoms with E-state index < -0.39 is 0 Å². The van der Waals surface area contributed by atoms with Crippen molar-refractivity contribution in [3.8, 4) is 0 Å². The molecule has 0 spiro atoms. The van der Waals surface area contributed by atoms with E-state index in [4.69, 9.17) is 0 Å². The van der Waals surface area contributed by atoms with Gasteiger partial charge in [0, 0.05) is 34.6 Å². The van der Waals surface area contributed by atoms with Gasteiger partial charge < -0.3 is 10.3 Å². The van der Waals surface area contributed by atoms with Crippen LogP contribution in [0.3, 0.4) is 0 Å². The average Bonchev–Trinajstić information content (AvgIpc) is 2.92. The maximum Gasteiger partial charge on any atom is 0.253 e. The van der Waals surface area contributed by atoms with Gasteiger partial charge in [-0.3, -0.25) is 4.79 Å². The fraction of sp³-hybridized carbons (Fsp3) is 0.250. The van der Waals surface area contributed by atoms with Crippen molar-refractivity contribution >= 4 is 28.6 Å². The van der Waals surface area contributed by atoms with E-state index in [-0.39, 0.29) is 5.91 Å². The second-order valence-corrected chi connectivity index (χ2v) is 7.07. The number of rotatable bonds is 6. The van der Waals surface area contributed by atoms with Crippen molar-refractivity contribution in [1.82, 2.24) is 10.3 Å². The monoisotopic (exact) mass is 338 g/mol. The predicted octanol–water partition coefficient (Wildman–Crippen LogP) is 4.45. The molecular weight excluding hydrogens is 316 g/mol. The molecule has 0 bridgehead atoms. The van der Waals surface area contributed by atoms with Gasteiger partial charge in [0.15, 0.2) is 0 Å². The highest BCUT2D eigenvalue weighted by Crippen LogP contribution is 2.21. The molecule has 0 aliphatic carbocycles. The van der Waals surface area contributed by atoms with E-state index in [2.05, 4.69) is 41.5 Å². The lowest BCUT2D eigenvalue weighted by molar-refractivity contribution is 0.0957. The number of H-pyrrole nitrogens is 1. The Morgan fingerprint density at radius 2 is 1.83 bits per heavy atom. The largest absolute Gasteiger partial charge is 0.358 e. The fourth-order valence-corrected chi connectivity index (χ4v) is 3.59. The van der Waals surface area contributed by atoms with E-state index >= 15 is 0 Å². The van der Waals surface area contributed by atoms with Crippen molar-refractivity contribution in [2.24, 2.45) is 0 Å². The summed E-state index contributed by atoms with van der Waals surface area (Å²) in [5.41, 5.74) is 5.29. The van der Waals surface area contributed by atoms with Crippen molar-refractivity contribution in [1.29, 1.82) is 0 Å². The Hall–Kier alpha value is -2.20. The molecule has 24 heavy (non-hydrogen) atoms. The van der Waals surface area contributed by atoms with Gasteiger partial charge in [0.05, 0.1) is 5.56 Å². The van der Waals surface area contributed by atoms with E-state index in [0.717, 1.165) is 33.7 Å². The van der Waals surface area contributed by atoms with Gasteiger partial charge in [0.25, 0.3) is 5.91 Å². The maximum atomic E-state index is 12.5. The molecule has 3 nitrogen and oxygen atoms in total. The number of thioether (sulfide) groups is 1. The maximum absolute atomic E-state index is 12.5. The number of amides is 1. The Labute approximate surface area is 146 Å². The number of aromatic nitrogens is 1. The van der Waals surface area contributed by atoms with Gasteiger partial charge in [-0.05, 0) is 25.5 Å². The van der Waals surface area contributed by atoms with Gasteiger partial charge >= 0.3 is 0 Å². The van der Waals surface area contributed by atoms with Crippen LogP contribution in [0.4, 0.5) is 0 Å². The summed E-state index contributed by atoms with van der Waals surface area (Å²) >= 11 is 1.84. The van der Waals surface area contributed by atoms with Gasteiger partial charge in [-0.1, -0.05) is 48.0 Å². The van der Waals surface area contributed by atoms with Crippen molar-refractivity contribution in [2.45, 2.75) is 19.6 Å². The van der Waals surface area contributed by atoms with Crippen LogP contribution in [0.15, 0.2) is 48.5 Å². The van der Waals surface area contributed by atoms with Crippen LogP contribution in [0.2, 0.25) is 0 Å². The predicted molar refractivity (Wildman–Crippen MR) is 103 cm³/mol. The highest BCUT2D eigenvalue weighted by atomic mass is 32.2.